The van der Waals surface area contributed by atoms with Gasteiger partial charge in [0, 0.05) is 10.9 Å². The van der Waals surface area contributed by atoms with Gasteiger partial charge >= 0.3 is 0 Å². The smallest absolute Gasteiger partial charge is 0.0446 e. The highest BCUT2D eigenvalue weighted by Crippen LogP contribution is 2.34. The van der Waals surface area contributed by atoms with Crippen LogP contribution in [0.2, 0.25) is 5.02 Å². The van der Waals surface area contributed by atoms with E-state index >= 15 is 0 Å². The van der Waals surface area contributed by atoms with Crippen LogP contribution in [0.15, 0.2) is 84.0 Å². The highest BCUT2D eigenvalue weighted by molar-refractivity contribution is 6.31. The number of halogens is 1. The second-order valence-electron chi connectivity index (χ2n) is 11.3. The Labute approximate surface area is 221 Å². The minimum absolute atomic E-state index is 0.0418. The lowest BCUT2D eigenvalue weighted by atomic mass is 9.83. The molecule has 0 spiro atoms. The highest BCUT2D eigenvalue weighted by Gasteiger charge is 2.20. The van der Waals surface area contributed by atoms with E-state index < -0.39 is 0 Å². The molecule has 0 aromatic heterocycles. The van der Waals surface area contributed by atoms with E-state index in [9.17, 15) is 0 Å². The molecule has 2 rings (SSSR count). The fourth-order valence-electron chi connectivity index (χ4n) is 4.78. The molecule has 2 unspecified atom stereocenters. The zero-order chi connectivity index (χ0) is 26.2. The first-order chi connectivity index (χ1) is 16.5. The maximum absolute atomic E-state index is 6.55. The summed E-state index contributed by atoms with van der Waals surface area (Å²) >= 11 is 6.55. The Morgan fingerprint density at radius 2 is 1.91 bits per heavy atom. The van der Waals surface area contributed by atoms with Crippen LogP contribution in [0.25, 0.3) is 0 Å². The number of allylic oxidation sites excluding steroid dienone is 10. The molecule has 1 aliphatic rings. The standard InChI is InChI=1S/C34H47Cl/c1-10-12-24(3)20-30(13-11-2)27(6)29-18-16-28(17-19-29)15-14-25(4)21-31-23-32(34(7,8)9)33(35)22-26(31)5/h11,13,16,18-20,22-23,27-28H,3-4,10,12,14-15,17,21H2,1-2,5-9H3/b13-11-,30-20+. The van der Waals surface area contributed by atoms with Gasteiger partial charge < -0.3 is 0 Å². The summed E-state index contributed by atoms with van der Waals surface area (Å²) in [7, 11) is 0. The third-order valence-corrected chi connectivity index (χ3v) is 7.37. The Hall–Kier alpha value is -2.05. The van der Waals surface area contributed by atoms with E-state index in [1.807, 2.05) is 0 Å². The van der Waals surface area contributed by atoms with Crippen molar-refractivity contribution in [1.82, 2.24) is 0 Å². The molecule has 0 radical (unpaired) electrons. The summed E-state index contributed by atoms with van der Waals surface area (Å²) in [6.45, 7) is 24.1. The molecule has 35 heavy (non-hydrogen) atoms. The lowest BCUT2D eigenvalue weighted by molar-refractivity contribution is 0.580. The molecular formula is C34H47Cl. The van der Waals surface area contributed by atoms with Crippen LogP contribution in [0.4, 0.5) is 0 Å². The van der Waals surface area contributed by atoms with E-state index in [0.717, 1.165) is 43.5 Å². The molecule has 1 aliphatic carbocycles. The molecule has 0 saturated carbocycles. The van der Waals surface area contributed by atoms with E-state index in [0.29, 0.717) is 11.8 Å². The molecule has 1 aromatic carbocycles. The number of rotatable bonds is 11. The van der Waals surface area contributed by atoms with Crippen LogP contribution in [-0.4, -0.2) is 0 Å². The van der Waals surface area contributed by atoms with Crippen molar-refractivity contribution in [2.75, 3.05) is 0 Å². The summed E-state index contributed by atoms with van der Waals surface area (Å²) in [4.78, 5) is 0. The molecule has 0 aliphatic heterocycles. The van der Waals surface area contributed by atoms with Crippen molar-refractivity contribution in [2.45, 2.75) is 92.4 Å². The predicted molar refractivity (Wildman–Crippen MR) is 158 cm³/mol. The SMILES string of the molecule is C=C(/C=C(\C=C/C)C(C)C1=CCC(CCC(=C)Cc2cc(C(C)(C)C)c(Cl)cc2C)C=C1)CCC. The largest absolute Gasteiger partial charge is 0.0995 e. The maximum atomic E-state index is 6.55. The van der Waals surface area contributed by atoms with E-state index in [-0.39, 0.29) is 5.41 Å². The van der Waals surface area contributed by atoms with Crippen molar-refractivity contribution < 1.29 is 0 Å². The Morgan fingerprint density at radius 3 is 2.49 bits per heavy atom. The average Bonchev–Trinajstić information content (AvgIpc) is 2.78. The van der Waals surface area contributed by atoms with Crippen molar-refractivity contribution in [3.63, 3.8) is 0 Å². The molecule has 0 N–H and O–H groups in total. The molecule has 0 heterocycles. The third-order valence-electron chi connectivity index (χ3n) is 7.06. The van der Waals surface area contributed by atoms with Gasteiger partial charge in [0.15, 0.2) is 0 Å². The quantitative estimate of drug-likeness (QED) is 0.213. The van der Waals surface area contributed by atoms with Gasteiger partial charge in [0.25, 0.3) is 0 Å². The Kier molecular flexibility index (Phi) is 11.1. The van der Waals surface area contributed by atoms with Crippen LogP contribution in [0, 0.1) is 18.8 Å². The van der Waals surface area contributed by atoms with Gasteiger partial charge in [0.05, 0.1) is 0 Å². The van der Waals surface area contributed by atoms with Gasteiger partial charge in [-0.2, -0.15) is 0 Å². The van der Waals surface area contributed by atoms with Crippen molar-refractivity contribution in [3.05, 3.63) is 106 Å². The topological polar surface area (TPSA) is 0 Å². The van der Waals surface area contributed by atoms with Gasteiger partial charge in [-0.05, 0) is 91.2 Å². The highest BCUT2D eigenvalue weighted by atomic mass is 35.5. The number of hydrogen-bond donors (Lipinski definition) is 0. The van der Waals surface area contributed by atoms with Crippen LogP contribution in [0.3, 0.4) is 0 Å². The van der Waals surface area contributed by atoms with Crippen LogP contribution < -0.4 is 0 Å². The first-order valence-electron chi connectivity index (χ1n) is 13.3. The van der Waals surface area contributed by atoms with Gasteiger partial charge in [-0.25, -0.2) is 0 Å². The van der Waals surface area contributed by atoms with Gasteiger partial charge in [-0.3, -0.25) is 0 Å². The van der Waals surface area contributed by atoms with E-state index in [4.69, 9.17) is 11.6 Å². The first kappa shape index (κ1) is 29.2. The van der Waals surface area contributed by atoms with Crippen LogP contribution in [-0.2, 0) is 11.8 Å². The molecule has 1 aromatic rings. The average molecular weight is 491 g/mol. The third kappa shape index (κ3) is 8.84. The molecule has 1 heteroatoms. The molecule has 0 fully saturated rings. The second-order valence-corrected chi connectivity index (χ2v) is 11.7. The number of benzene rings is 1. The van der Waals surface area contributed by atoms with E-state index in [2.05, 4.69) is 110 Å². The molecule has 190 valence electrons. The van der Waals surface area contributed by atoms with Crippen LogP contribution in [0.1, 0.15) is 90.3 Å². The van der Waals surface area contributed by atoms with Gasteiger partial charge in [-0.15, -0.1) is 0 Å². The monoisotopic (exact) mass is 490 g/mol. The summed E-state index contributed by atoms with van der Waals surface area (Å²) in [5, 5.41) is 0.871. The molecule has 0 nitrogen and oxygen atoms in total. The van der Waals surface area contributed by atoms with E-state index in [1.165, 1.54) is 39.0 Å². The molecule has 0 bridgehead atoms. The molecular weight excluding hydrogens is 444 g/mol. The summed E-state index contributed by atoms with van der Waals surface area (Å²) in [5.41, 5.74) is 9.16. The summed E-state index contributed by atoms with van der Waals surface area (Å²) in [6, 6.07) is 4.42. The van der Waals surface area contributed by atoms with Crippen molar-refractivity contribution in [2.24, 2.45) is 11.8 Å². The van der Waals surface area contributed by atoms with Gasteiger partial charge in [-0.1, -0.05) is 119 Å². The van der Waals surface area contributed by atoms with Gasteiger partial charge in [0.1, 0.15) is 0 Å². The van der Waals surface area contributed by atoms with Crippen molar-refractivity contribution in [3.8, 4) is 0 Å². The lowest BCUT2D eigenvalue weighted by Crippen LogP contribution is -2.13. The van der Waals surface area contributed by atoms with Gasteiger partial charge in [0.2, 0.25) is 0 Å². The Balaban J connectivity index is 1.97. The molecule has 2 atom stereocenters. The first-order valence-corrected chi connectivity index (χ1v) is 13.7. The fraction of sp³-hybridized carbons (Fsp3) is 0.471. The summed E-state index contributed by atoms with van der Waals surface area (Å²) in [5.74, 6) is 0.972. The second kappa shape index (κ2) is 13.3. The van der Waals surface area contributed by atoms with Crippen LogP contribution in [0.5, 0.6) is 0 Å². The Morgan fingerprint density at radius 1 is 1.20 bits per heavy atom. The normalized spacial score (nSPS) is 17.5. The van der Waals surface area contributed by atoms with Crippen molar-refractivity contribution in [1.29, 1.82) is 0 Å². The summed E-state index contributed by atoms with van der Waals surface area (Å²) in [6.07, 6.45) is 20.3. The Bertz CT molecular complexity index is 1020. The summed E-state index contributed by atoms with van der Waals surface area (Å²) < 4.78 is 0. The zero-order valence-corrected chi connectivity index (χ0v) is 24.1. The molecule has 0 amide bonds. The zero-order valence-electron chi connectivity index (χ0n) is 23.3. The fourth-order valence-corrected chi connectivity index (χ4v) is 5.28. The minimum Gasteiger partial charge on any atom is -0.0995 e. The lowest BCUT2D eigenvalue weighted by Gasteiger charge is -2.23. The van der Waals surface area contributed by atoms with E-state index in [1.54, 1.807) is 0 Å². The van der Waals surface area contributed by atoms with Crippen LogP contribution >= 0.6 is 11.6 Å². The number of aryl methyl sites for hydroxylation is 1. The number of hydrogen-bond acceptors (Lipinski definition) is 0. The maximum Gasteiger partial charge on any atom is 0.0446 e. The van der Waals surface area contributed by atoms with Crippen molar-refractivity contribution >= 4 is 11.6 Å². The minimum atomic E-state index is 0.0418. The predicted octanol–water partition coefficient (Wildman–Crippen LogP) is 10.8. The molecule has 0 saturated heterocycles.